The Morgan fingerprint density at radius 2 is 1.61 bits per heavy atom. The summed E-state index contributed by atoms with van der Waals surface area (Å²) in [6.07, 6.45) is 0. The largest absolute Gasteiger partial charge is 0.467 e. The lowest BCUT2D eigenvalue weighted by atomic mass is 10.2. The Labute approximate surface area is 112 Å². The van der Waals surface area contributed by atoms with Crippen molar-refractivity contribution in [2.75, 3.05) is 6.79 Å². The number of alkyl halides is 1. The van der Waals surface area contributed by atoms with Crippen LogP contribution in [0.2, 0.25) is 0 Å². The average Bonchev–Trinajstić information content (AvgIpc) is 2.45. The minimum Gasteiger partial charge on any atom is -0.467 e. The summed E-state index contributed by atoms with van der Waals surface area (Å²) in [5.74, 6) is 1.22. The van der Waals surface area contributed by atoms with Crippen LogP contribution in [0.5, 0.6) is 5.75 Å². The van der Waals surface area contributed by atoms with Gasteiger partial charge >= 0.3 is 0 Å². The van der Waals surface area contributed by atoms with Crippen LogP contribution in [0.1, 0.15) is 11.1 Å². The van der Waals surface area contributed by atoms with E-state index in [9.17, 15) is 0 Å². The molecule has 0 amide bonds. The van der Waals surface area contributed by atoms with E-state index in [0.29, 0.717) is 12.5 Å². The van der Waals surface area contributed by atoms with Gasteiger partial charge in [0.25, 0.3) is 0 Å². The van der Waals surface area contributed by atoms with Crippen molar-refractivity contribution in [1.29, 1.82) is 0 Å². The Morgan fingerprint density at radius 1 is 0.889 bits per heavy atom. The second kappa shape index (κ2) is 7.04. The molecule has 0 saturated heterocycles. The van der Waals surface area contributed by atoms with E-state index in [-0.39, 0.29) is 6.79 Å². The maximum Gasteiger partial charge on any atom is 0.189 e. The molecule has 0 heterocycles. The average molecular weight is 263 g/mol. The molecule has 0 aliphatic heterocycles. The zero-order valence-electron chi connectivity index (χ0n) is 10.0. The fourth-order valence-corrected chi connectivity index (χ4v) is 1.81. The van der Waals surface area contributed by atoms with Crippen molar-refractivity contribution in [2.24, 2.45) is 0 Å². The smallest absolute Gasteiger partial charge is 0.189 e. The minimum absolute atomic E-state index is 0.225. The van der Waals surface area contributed by atoms with Gasteiger partial charge in [-0.2, -0.15) is 0 Å². The van der Waals surface area contributed by atoms with E-state index in [1.165, 1.54) is 0 Å². The van der Waals surface area contributed by atoms with Crippen molar-refractivity contribution in [3.05, 3.63) is 65.7 Å². The summed E-state index contributed by atoms with van der Waals surface area (Å²) in [6, 6.07) is 17.7. The minimum atomic E-state index is 0.225. The van der Waals surface area contributed by atoms with Crippen molar-refractivity contribution in [1.82, 2.24) is 0 Å². The van der Waals surface area contributed by atoms with Gasteiger partial charge in [0.05, 0.1) is 12.5 Å². The van der Waals surface area contributed by atoms with E-state index in [2.05, 4.69) is 0 Å². The number of hydrogen-bond donors (Lipinski definition) is 0. The molecule has 0 N–H and O–H groups in total. The normalized spacial score (nSPS) is 10.3. The first-order valence-electron chi connectivity index (χ1n) is 5.78. The van der Waals surface area contributed by atoms with Crippen LogP contribution >= 0.6 is 11.6 Å². The van der Waals surface area contributed by atoms with Crippen molar-refractivity contribution >= 4 is 11.6 Å². The predicted octanol–water partition coefficient (Wildman–Crippen LogP) is 3.98. The highest BCUT2D eigenvalue weighted by Gasteiger charge is 2.01. The Kier molecular flexibility index (Phi) is 5.06. The van der Waals surface area contributed by atoms with Crippen LogP contribution < -0.4 is 4.74 Å². The standard InChI is InChI=1S/C15H15ClO2/c16-10-14-8-4-5-9-15(14)18-12-17-11-13-6-2-1-3-7-13/h1-9H,10-12H2. The molecule has 0 aliphatic rings. The van der Waals surface area contributed by atoms with Gasteiger partial charge in [0.1, 0.15) is 5.75 Å². The molecule has 3 heteroatoms. The van der Waals surface area contributed by atoms with Gasteiger partial charge in [-0.1, -0.05) is 48.5 Å². The summed E-state index contributed by atoms with van der Waals surface area (Å²) in [7, 11) is 0. The number of benzene rings is 2. The first kappa shape index (κ1) is 12.9. The van der Waals surface area contributed by atoms with Crippen LogP contribution in [0.25, 0.3) is 0 Å². The van der Waals surface area contributed by atoms with E-state index in [0.717, 1.165) is 16.9 Å². The summed E-state index contributed by atoms with van der Waals surface area (Å²) in [5.41, 5.74) is 2.11. The second-order valence-corrected chi connectivity index (χ2v) is 4.10. The summed E-state index contributed by atoms with van der Waals surface area (Å²) >= 11 is 5.82. The first-order valence-corrected chi connectivity index (χ1v) is 6.32. The van der Waals surface area contributed by atoms with E-state index >= 15 is 0 Å². The molecule has 0 spiro atoms. The van der Waals surface area contributed by atoms with Gasteiger partial charge in [-0.05, 0) is 11.6 Å². The van der Waals surface area contributed by atoms with E-state index < -0.39 is 0 Å². The summed E-state index contributed by atoms with van der Waals surface area (Å²) in [4.78, 5) is 0. The predicted molar refractivity (Wildman–Crippen MR) is 72.7 cm³/mol. The van der Waals surface area contributed by atoms with Gasteiger partial charge < -0.3 is 9.47 Å². The topological polar surface area (TPSA) is 18.5 Å². The van der Waals surface area contributed by atoms with Crippen molar-refractivity contribution in [2.45, 2.75) is 12.5 Å². The molecule has 0 atom stereocenters. The van der Waals surface area contributed by atoms with Crippen molar-refractivity contribution in [3.63, 3.8) is 0 Å². The number of halogens is 1. The van der Waals surface area contributed by atoms with Crippen LogP contribution in [0.15, 0.2) is 54.6 Å². The molecule has 0 radical (unpaired) electrons. The third-order valence-corrected chi connectivity index (χ3v) is 2.81. The van der Waals surface area contributed by atoms with Gasteiger partial charge in [0, 0.05) is 5.56 Å². The number of para-hydroxylation sites is 1. The lowest BCUT2D eigenvalue weighted by Crippen LogP contribution is -2.04. The SMILES string of the molecule is ClCc1ccccc1OCOCc1ccccc1. The van der Waals surface area contributed by atoms with Gasteiger partial charge in [0.2, 0.25) is 0 Å². The fourth-order valence-electron chi connectivity index (χ4n) is 1.59. The van der Waals surface area contributed by atoms with Crippen molar-refractivity contribution in [3.8, 4) is 5.75 Å². The highest BCUT2D eigenvalue weighted by atomic mass is 35.5. The number of hydrogen-bond acceptors (Lipinski definition) is 2. The Bertz CT molecular complexity index is 471. The maximum absolute atomic E-state index is 5.82. The Balaban J connectivity index is 1.78. The molecular formula is C15H15ClO2. The Hall–Kier alpha value is -1.51. The van der Waals surface area contributed by atoms with Crippen LogP contribution in [0.4, 0.5) is 0 Å². The molecule has 2 rings (SSSR count). The van der Waals surface area contributed by atoms with Crippen LogP contribution in [0.3, 0.4) is 0 Å². The molecule has 0 fully saturated rings. The number of ether oxygens (including phenoxy) is 2. The molecule has 0 unspecified atom stereocenters. The lowest BCUT2D eigenvalue weighted by Gasteiger charge is -2.10. The lowest BCUT2D eigenvalue weighted by molar-refractivity contribution is 0.00464. The zero-order valence-corrected chi connectivity index (χ0v) is 10.8. The summed E-state index contributed by atoms with van der Waals surface area (Å²) < 4.78 is 11.0. The molecule has 2 aromatic rings. The van der Waals surface area contributed by atoms with E-state index in [1.807, 2.05) is 54.6 Å². The molecule has 94 valence electrons. The van der Waals surface area contributed by atoms with Gasteiger partial charge in [-0.15, -0.1) is 11.6 Å². The molecular weight excluding hydrogens is 248 g/mol. The molecule has 0 bridgehead atoms. The summed E-state index contributed by atoms with van der Waals surface area (Å²) in [6.45, 7) is 0.771. The van der Waals surface area contributed by atoms with Gasteiger partial charge in [-0.3, -0.25) is 0 Å². The Morgan fingerprint density at radius 3 is 2.39 bits per heavy atom. The van der Waals surface area contributed by atoms with Gasteiger partial charge in [0.15, 0.2) is 6.79 Å². The van der Waals surface area contributed by atoms with E-state index in [4.69, 9.17) is 21.1 Å². The fraction of sp³-hybridized carbons (Fsp3) is 0.200. The van der Waals surface area contributed by atoms with Crippen molar-refractivity contribution < 1.29 is 9.47 Å². The zero-order chi connectivity index (χ0) is 12.6. The van der Waals surface area contributed by atoms with Crippen LogP contribution in [0, 0.1) is 0 Å². The highest BCUT2D eigenvalue weighted by molar-refractivity contribution is 6.17. The molecule has 18 heavy (non-hydrogen) atoms. The van der Waals surface area contributed by atoms with Crippen LogP contribution in [-0.2, 0) is 17.2 Å². The quantitative estimate of drug-likeness (QED) is 0.445. The third-order valence-electron chi connectivity index (χ3n) is 2.53. The van der Waals surface area contributed by atoms with Gasteiger partial charge in [-0.25, -0.2) is 0 Å². The third kappa shape index (κ3) is 3.76. The van der Waals surface area contributed by atoms with Crippen LogP contribution in [-0.4, -0.2) is 6.79 Å². The molecule has 0 aromatic heterocycles. The molecule has 0 saturated carbocycles. The maximum atomic E-state index is 5.82. The number of rotatable bonds is 6. The first-order chi connectivity index (χ1) is 8.90. The summed E-state index contributed by atoms with van der Waals surface area (Å²) in [5, 5.41) is 0. The monoisotopic (exact) mass is 262 g/mol. The highest BCUT2D eigenvalue weighted by Crippen LogP contribution is 2.19. The molecule has 0 aliphatic carbocycles. The molecule has 2 aromatic carbocycles. The second-order valence-electron chi connectivity index (χ2n) is 3.84. The molecule has 2 nitrogen and oxygen atoms in total. The van der Waals surface area contributed by atoms with E-state index in [1.54, 1.807) is 0 Å².